The van der Waals surface area contributed by atoms with Gasteiger partial charge in [-0.05, 0) is 44.4 Å². The van der Waals surface area contributed by atoms with Gasteiger partial charge in [0, 0.05) is 24.9 Å². The summed E-state index contributed by atoms with van der Waals surface area (Å²) >= 11 is 0. The summed E-state index contributed by atoms with van der Waals surface area (Å²) in [6.45, 7) is 4.70. The summed E-state index contributed by atoms with van der Waals surface area (Å²) in [5.74, 6) is 0.707. The van der Waals surface area contributed by atoms with E-state index >= 15 is 0 Å². The van der Waals surface area contributed by atoms with Gasteiger partial charge in [-0.1, -0.05) is 47.5 Å². The topological polar surface area (TPSA) is 55.1 Å². The highest BCUT2D eigenvalue weighted by Gasteiger charge is 2.07. The van der Waals surface area contributed by atoms with Crippen molar-refractivity contribution in [3.63, 3.8) is 0 Å². The van der Waals surface area contributed by atoms with Crippen LogP contribution in [-0.4, -0.2) is 17.4 Å². The Hall–Kier alpha value is -2.88. The first-order valence-electron chi connectivity index (χ1n) is 9.44. The van der Waals surface area contributed by atoms with Gasteiger partial charge in [0.15, 0.2) is 0 Å². The highest BCUT2D eigenvalue weighted by atomic mass is 16.3. The van der Waals surface area contributed by atoms with Crippen LogP contribution >= 0.6 is 0 Å². The number of rotatable bonds is 8. The quantitative estimate of drug-likeness (QED) is 0.635. The monoisotopic (exact) mass is 362 g/mol. The molecule has 1 aromatic heterocycles. The third-order valence-electron chi connectivity index (χ3n) is 4.54. The number of aryl methyl sites for hydroxylation is 3. The smallest absolute Gasteiger partial charge is 0.226 e. The van der Waals surface area contributed by atoms with Crippen molar-refractivity contribution in [3.05, 3.63) is 77.2 Å². The molecule has 0 aliphatic rings. The number of amides is 1. The van der Waals surface area contributed by atoms with E-state index in [2.05, 4.69) is 41.5 Å². The molecule has 0 saturated heterocycles. The Morgan fingerprint density at radius 2 is 1.63 bits per heavy atom. The predicted octanol–water partition coefficient (Wildman–Crippen LogP) is 4.64. The first-order chi connectivity index (χ1) is 13.1. The summed E-state index contributed by atoms with van der Waals surface area (Å²) in [5.41, 5.74) is 5.56. The van der Waals surface area contributed by atoms with Crippen molar-refractivity contribution in [2.75, 3.05) is 6.54 Å². The fourth-order valence-electron chi connectivity index (χ4n) is 2.88. The summed E-state index contributed by atoms with van der Waals surface area (Å²) in [4.78, 5) is 16.5. The van der Waals surface area contributed by atoms with Gasteiger partial charge in [0.2, 0.25) is 11.8 Å². The van der Waals surface area contributed by atoms with Crippen molar-refractivity contribution in [3.8, 4) is 11.5 Å². The second-order valence-corrected chi connectivity index (χ2v) is 6.95. The highest BCUT2D eigenvalue weighted by Crippen LogP contribution is 2.19. The van der Waals surface area contributed by atoms with Crippen LogP contribution in [0.25, 0.3) is 11.5 Å². The first kappa shape index (κ1) is 18.9. The molecule has 0 fully saturated rings. The number of aromatic nitrogens is 1. The van der Waals surface area contributed by atoms with E-state index in [9.17, 15) is 4.79 Å². The molecule has 1 N–H and O–H groups in total. The van der Waals surface area contributed by atoms with Gasteiger partial charge in [-0.25, -0.2) is 4.98 Å². The summed E-state index contributed by atoms with van der Waals surface area (Å²) in [5, 5.41) is 2.96. The molecule has 0 saturated carbocycles. The molecule has 0 unspecified atom stereocenters. The fraction of sp³-hybridized carbons (Fsp3) is 0.304. The Kier molecular flexibility index (Phi) is 6.42. The van der Waals surface area contributed by atoms with Crippen LogP contribution in [0, 0.1) is 13.8 Å². The molecule has 0 radical (unpaired) electrons. The Balaban J connectivity index is 1.37. The lowest BCUT2D eigenvalue weighted by Gasteiger charge is -2.04. The minimum absolute atomic E-state index is 0.0874. The molecule has 3 aromatic rings. The minimum atomic E-state index is 0.0874. The Bertz CT molecular complexity index is 864. The predicted molar refractivity (Wildman–Crippen MR) is 108 cm³/mol. The first-order valence-corrected chi connectivity index (χ1v) is 9.44. The van der Waals surface area contributed by atoms with Gasteiger partial charge in [-0.3, -0.25) is 4.79 Å². The minimum Gasteiger partial charge on any atom is -0.444 e. The Labute approximate surface area is 160 Å². The number of hydrogen-bond donors (Lipinski definition) is 1. The van der Waals surface area contributed by atoms with Gasteiger partial charge in [-0.2, -0.15) is 0 Å². The third-order valence-corrected chi connectivity index (χ3v) is 4.54. The van der Waals surface area contributed by atoms with Gasteiger partial charge >= 0.3 is 0 Å². The van der Waals surface area contributed by atoms with Crippen molar-refractivity contribution in [2.45, 2.75) is 39.5 Å². The van der Waals surface area contributed by atoms with Crippen LogP contribution in [0.4, 0.5) is 0 Å². The standard InChI is InChI=1S/C23H26N2O2/c1-17-6-10-19(11-7-17)4-3-5-22(26)24-15-14-21-16-27-23(25-21)20-12-8-18(2)9-13-20/h6-13,16H,3-5,14-15H2,1-2H3,(H,24,26). The van der Waals surface area contributed by atoms with E-state index in [0.29, 0.717) is 25.3 Å². The van der Waals surface area contributed by atoms with Crippen molar-refractivity contribution >= 4 is 5.91 Å². The second-order valence-electron chi connectivity index (χ2n) is 6.95. The highest BCUT2D eigenvalue weighted by molar-refractivity contribution is 5.75. The van der Waals surface area contributed by atoms with Crippen LogP contribution in [0.2, 0.25) is 0 Å². The second kappa shape index (κ2) is 9.17. The molecule has 4 nitrogen and oxygen atoms in total. The molecule has 1 heterocycles. The van der Waals surface area contributed by atoms with Gasteiger partial charge in [-0.15, -0.1) is 0 Å². The molecule has 2 aromatic carbocycles. The lowest BCUT2D eigenvalue weighted by atomic mass is 10.1. The van der Waals surface area contributed by atoms with E-state index in [4.69, 9.17) is 4.42 Å². The SMILES string of the molecule is Cc1ccc(CCCC(=O)NCCc2coc(-c3ccc(C)cc3)n2)cc1. The van der Waals surface area contributed by atoms with E-state index in [1.165, 1.54) is 16.7 Å². The summed E-state index contributed by atoms with van der Waals surface area (Å²) in [6, 6.07) is 16.6. The Morgan fingerprint density at radius 3 is 2.33 bits per heavy atom. The van der Waals surface area contributed by atoms with Crippen LogP contribution in [-0.2, 0) is 17.6 Å². The normalized spacial score (nSPS) is 10.7. The average molecular weight is 362 g/mol. The van der Waals surface area contributed by atoms with E-state index in [-0.39, 0.29) is 5.91 Å². The number of oxazole rings is 1. The Morgan fingerprint density at radius 1 is 0.963 bits per heavy atom. The van der Waals surface area contributed by atoms with E-state index in [1.54, 1.807) is 6.26 Å². The van der Waals surface area contributed by atoms with Crippen molar-refractivity contribution < 1.29 is 9.21 Å². The van der Waals surface area contributed by atoms with Crippen LogP contribution < -0.4 is 5.32 Å². The maximum Gasteiger partial charge on any atom is 0.226 e. The molecule has 3 rings (SSSR count). The number of carbonyl (C=O) groups excluding carboxylic acids is 1. The zero-order valence-corrected chi connectivity index (χ0v) is 16.0. The van der Waals surface area contributed by atoms with Crippen LogP contribution in [0.5, 0.6) is 0 Å². The van der Waals surface area contributed by atoms with E-state index in [1.807, 2.05) is 31.2 Å². The number of nitrogens with one attached hydrogen (secondary N) is 1. The number of benzene rings is 2. The van der Waals surface area contributed by atoms with Crippen LogP contribution in [0.1, 0.15) is 35.2 Å². The molecule has 27 heavy (non-hydrogen) atoms. The molecule has 0 atom stereocenters. The molecule has 4 heteroatoms. The van der Waals surface area contributed by atoms with Gasteiger partial charge in [0.1, 0.15) is 6.26 Å². The van der Waals surface area contributed by atoms with Crippen LogP contribution in [0.3, 0.4) is 0 Å². The zero-order valence-electron chi connectivity index (χ0n) is 16.0. The third kappa shape index (κ3) is 5.81. The molecule has 0 spiro atoms. The van der Waals surface area contributed by atoms with Crippen LogP contribution in [0.15, 0.2) is 59.2 Å². The molecule has 1 amide bonds. The van der Waals surface area contributed by atoms with Crippen molar-refractivity contribution in [1.29, 1.82) is 0 Å². The number of nitrogens with zero attached hydrogens (tertiary/aromatic N) is 1. The molecule has 0 aliphatic heterocycles. The molecule has 140 valence electrons. The average Bonchev–Trinajstić information content (AvgIpc) is 3.13. The van der Waals surface area contributed by atoms with Gasteiger partial charge < -0.3 is 9.73 Å². The zero-order chi connectivity index (χ0) is 19.1. The molecular formula is C23H26N2O2. The summed E-state index contributed by atoms with van der Waals surface area (Å²) in [6.07, 6.45) is 4.66. The molecule has 0 aliphatic carbocycles. The van der Waals surface area contributed by atoms with Crippen molar-refractivity contribution in [1.82, 2.24) is 10.3 Å². The maximum atomic E-state index is 12.0. The molecule has 0 bridgehead atoms. The lowest BCUT2D eigenvalue weighted by molar-refractivity contribution is -0.121. The largest absolute Gasteiger partial charge is 0.444 e. The maximum absolute atomic E-state index is 12.0. The van der Waals surface area contributed by atoms with Gasteiger partial charge in [0.25, 0.3) is 0 Å². The number of hydrogen-bond acceptors (Lipinski definition) is 3. The molecular weight excluding hydrogens is 336 g/mol. The summed E-state index contributed by atoms with van der Waals surface area (Å²) < 4.78 is 5.55. The van der Waals surface area contributed by atoms with E-state index in [0.717, 1.165) is 24.1 Å². The lowest BCUT2D eigenvalue weighted by Crippen LogP contribution is -2.25. The summed E-state index contributed by atoms with van der Waals surface area (Å²) in [7, 11) is 0. The van der Waals surface area contributed by atoms with Crippen molar-refractivity contribution in [2.24, 2.45) is 0 Å². The number of carbonyl (C=O) groups is 1. The van der Waals surface area contributed by atoms with E-state index < -0.39 is 0 Å². The fourth-order valence-corrected chi connectivity index (χ4v) is 2.88. The van der Waals surface area contributed by atoms with Gasteiger partial charge in [0.05, 0.1) is 5.69 Å².